The predicted octanol–water partition coefficient (Wildman–Crippen LogP) is 3.31. The molecule has 1 heterocycles. The van der Waals surface area contributed by atoms with Gasteiger partial charge in [-0.25, -0.2) is 4.79 Å². The molecule has 5 nitrogen and oxygen atoms in total. The maximum absolute atomic E-state index is 12.4. The average molecular weight is 343 g/mol. The first-order valence-electron chi connectivity index (χ1n) is 9.25. The molecule has 2 aliphatic rings. The molecule has 1 saturated carbocycles. The van der Waals surface area contributed by atoms with Crippen LogP contribution in [0.15, 0.2) is 30.3 Å². The topological polar surface area (TPSA) is 61.4 Å². The van der Waals surface area contributed by atoms with Gasteiger partial charge in [0.2, 0.25) is 5.91 Å². The van der Waals surface area contributed by atoms with Crippen LogP contribution in [0.5, 0.6) is 0 Å². The van der Waals surface area contributed by atoms with Crippen molar-refractivity contribution < 1.29 is 9.59 Å². The van der Waals surface area contributed by atoms with Gasteiger partial charge >= 0.3 is 6.03 Å². The molecule has 3 amide bonds. The smallest absolute Gasteiger partial charge is 0.315 e. The van der Waals surface area contributed by atoms with Crippen molar-refractivity contribution in [1.29, 1.82) is 0 Å². The molecule has 0 bridgehead atoms. The summed E-state index contributed by atoms with van der Waals surface area (Å²) in [5.74, 6) is 0.680. The van der Waals surface area contributed by atoms with Crippen LogP contribution in [0.1, 0.15) is 46.5 Å². The Morgan fingerprint density at radius 1 is 1.12 bits per heavy atom. The second-order valence-electron chi connectivity index (χ2n) is 8.47. The number of para-hydroxylation sites is 1. The Hall–Kier alpha value is -2.04. The number of rotatable bonds is 3. The van der Waals surface area contributed by atoms with E-state index in [-0.39, 0.29) is 29.4 Å². The van der Waals surface area contributed by atoms with Crippen LogP contribution in [0.4, 0.5) is 10.5 Å². The third-order valence-electron chi connectivity index (χ3n) is 5.25. The Labute approximate surface area is 150 Å². The highest BCUT2D eigenvalue weighted by Crippen LogP contribution is 2.38. The Kier molecular flexibility index (Phi) is 5.02. The van der Waals surface area contributed by atoms with E-state index >= 15 is 0 Å². The number of benzene rings is 1. The van der Waals surface area contributed by atoms with Crippen molar-refractivity contribution in [2.45, 2.75) is 58.5 Å². The Bertz CT molecular complexity index is 629. The minimum Gasteiger partial charge on any atom is -0.335 e. The summed E-state index contributed by atoms with van der Waals surface area (Å²) in [5.41, 5.74) is 1.16. The third-order valence-corrected chi connectivity index (χ3v) is 5.25. The van der Waals surface area contributed by atoms with Gasteiger partial charge in [-0.1, -0.05) is 39.0 Å². The molecule has 1 aliphatic carbocycles. The van der Waals surface area contributed by atoms with Crippen molar-refractivity contribution in [2.24, 2.45) is 11.3 Å². The van der Waals surface area contributed by atoms with Gasteiger partial charge in [-0.3, -0.25) is 4.79 Å². The first-order chi connectivity index (χ1) is 11.8. The monoisotopic (exact) mass is 343 g/mol. The van der Waals surface area contributed by atoms with E-state index in [9.17, 15) is 9.59 Å². The van der Waals surface area contributed by atoms with Crippen LogP contribution in [-0.4, -0.2) is 30.6 Å². The lowest BCUT2D eigenvalue weighted by molar-refractivity contribution is -0.117. The Balaban J connectivity index is 1.53. The lowest BCUT2D eigenvalue weighted by atomic mass is 9.71. The molecular formula is C20H29N3O2. The van der Waals surface area contributed by atoms with Gasteiger partial charge in [0.25, 0.3) is 0 Å². The molecule has 1 aliphatic heterocycles. The summed E-state index contributed by atoms with van der Waals surface area (Å²) in [6, 6.07) is 9.53. The summed E-state index contributed by atoms with van der Waals surface area (Å²) in [6.07, 6.45) is 3.59. The zero-order valence-electron chi connectivity index (χ0n) is 15.4. The van der Waals surface area contributed by atoms with Crippen molar-refractivity contribution in [3.8, 4) is 0 Å². The lowest BCUT2D eigenvalue weighted by Gasteiger charge is -2.39. The summed E-state index contributed by atoms with van der Waals surface area (Å²) < 4.78 is 0. The summed E-state index contributed by atoms with van der Waals surface area (Å²) >= 11 is 0. The molecule has 1 aromatic rings. The summed E-state index contributed by atoms with van der Waals surface area (Å²) in [4.78, 5) is 26.4. The van der Waals surface area contributed by atoms with Gasteiger partial charge in [0.05, 0.1) is 6.04 Å². The second-order valence-corrected chi connectivity index (χ2v) is 8.47. The van der Waals surface area contributed by atoms with E-state index in [1.807, 2.05) is 30.3 Å². The maximum atomic E-state index is 12.4. The lowest BCUT2D eigenvalue weighted by Crippen LogP contribution is -2.50. The fourth-order valence-corrected chi connectivity index (χ4v) is 4.53. The number of anilines is 1. The number of nitrogens with zero attached hydrogens (tertiary/aromatic N) is 1. The summed E-state index contributed by atoms with van der Waals surface area (Å²) in [6.45, 7) is 7.31. The van der Waals surface area contributed by atoms with Gasteiger partial charge in [-0.2, -0.15) is 0 Å². The van der Waals surface area contributed by atoms with Gasteiger partial charge in [-0.05, 0) is 42.7 Å². The highest BCUT2D eigenvalue weighted by Gasteiger charge is 2.34. The molecule has 3 rings (SSSR count). The molecule has 0 spiro atoms. The molecule has 136 valence electrons. The van der Waals surface area contributed by atoms with Crippen molar-refractivity contribution in [3.05, 3.63) is 30.3 Å². The van der Waals surface area contributed by atoms with Crippen LogP contribution in [0.2, 0.25) is 0 Å². The van der Waals surface area contributed by atoms with E-state index in [2.05, 4.69) is 31.4 Å². The highest BCUT2D eigenvalue weighted by molar-refractivity contribution is 5.96. The normalized spacial score (nSPS) is 28.7. The van der Waals surface area contributed by atoms with E-state index in [1.165, 1.54) is 6.42 Å². The first kappa shape index (κ1) is 17.8. The number of amides is 3. The first-order valence-corrected chi connectivity index (χ1v) is 9.25. The number of carbonyl (C=O) groups is 2. The molecule has 0 aromatic heterocycles. The highest BCUT2D eigenvalue weighted by atomic mass is 16.2. The van der Waals surface area contributed by atoms with Crippen molar-refractivity contribution in [3.63, 3.8) is 0 Å². The number of urea groups is 1. The summed E-state index contributed by atoms with van der Waals surface area (Å²) in [5, 5.41) is 6.11. The fourth-order valence-electron chi connectivity index (χ4n) is 4.53. The zero-order valence-corrected chi connectivity index (χ0v) is 15.4. The van der Waals surface area contributed by atoms with Gasteiger partial charge in [-0.15, -0.1) is 0 Å². The molecule has 25 heavy (non-hydrogen) atoms. The molecule has 0 radical (unpaired) electrons. The van der Waals surface area contributed by atoms with Crippen LogP contribution in [0.3, 0.4) is 0 Å². The quantitative estimate of drug-likeness (QED) is 0.884. The largest absolute Gasteiger partial charge is 0.335 e. The van der Waals surface area contributed by atoms with Gasteiger partial charge in [0.1, 0.15) is 0 Å². The molecule has 5 heteroatoms. The number of hydrogen-bond donors (Lipinski definition) is 2. The number of nitrogens with one attached hydrogen (secondary N) is 2. The molecule has 0 unspecified atom stereocenters. The fraction of sp³-hybridized carbons (Fsp3) is 0.600. The molecule has 1 aromatic carbocycles. The molecule has 1 saturated heterocycles. The SMILES string of the molecule is C[C@H]1C[C@H](NC(=O)N[C@@H]2CC(=O)N(c3ccccc3)C2)CC(C)(C)C1. The minimum atomic E-state index is -0.150. The molecule has 2 fully saturated rings. The van der Waals surface area contributed by atoms with Crippen LogP contribution in [0, 0.1) is 11.3 Å². The molecule has 2 N–H and O–H groups in total. The third kappa shape index (κ3) is 4.53. The molecule has 3 atom stereocenters. The van der Waals surface area contributed by atoms with Gasteiger partial charge in [0, 0.05) is 24.7 Å². The second kappa shape index (κ2) is 7.06. The Morgan fingerprint density at radius 3 is 2.48 bits per heavy atom. The number of hydrogen-bond acceptors (Lipinski definition) is 2. The van der Waals surface area contributed by atoms with Crippen LogP contribution in [-0.2, 0) is 4.79 Å². The standard InChI is InChI=1S/C20H29N3O2/c1-14-9-15(12-20(2,3)11-14)21-19(25)22-16-10-18(24)23(13-16)17-7-5-4-6-8-17/h4-8,14-16H,9-13H2,1-3H3,(H2,21,22,25)/t14-,15-,16+/m0/s1. The predicted molar refractivity (Wildman–Crippen MR) is 99.5 cm³/mol. The summed E-state index contributed by atoms with van der Waals surface area (Å²) in [7, 11) is 0. The Morgan fingerprint density at radius 2 is 1.80 bits per heavy atom. The van der Waals surface area contributed by atoms with E-state index < -0.39 is 0 Å². The van der Waals surface area contributed by atoms with Gasteiger partial charge < -0.3 is 15.5 Å². The molecular weight excluding hydrogens is 314 g/mol. The van der Waals surface area contributed by atoms with Crippen molar-refractivity contribution in [2.75, 3.05) is 11.4 Å². The van der Waals surface area contributed by atoms with Crippen molar-refractivity contribution >= 4 is 17.6 Å². The zero-order chi connectivity index (χ0) is 18.0. The average Bonchev–Trinajstić information content (AvgIpc) is 2.86. The van der Waals surface area contributed by atoms with Crippen LogP contribution < -0.4 is 15.5 Å². The van der Waals surface area contributed by atoms with E-state index in [0.717, 1.165) is 18.5 Å². The van der Waals surface area contributed by atoms with E-state index in [0.29, 0.717) is 18.9 Å². The van der Waals surface area contributed by atoms with Crippen molar-refractivity contribution in [1.82, 2.24) is 10.6 Å². The van der Waals surface area contributed by atoms with E-state index in [4.69, 9.17) is 0 Å². The minimum absolute atomic E-state index is 0.0592. The van der Waals surface area contributed by atoms with Crippen LogP contribution >= 0.6 is 0 Å². The number of carbonyl (C=O) groups excluding carboxylic acids is 2. The van der Waals surface area contributed by atoms with Crippen LogP contribution in [0.25, 0.3) is 0 Å². The van der Waals surface area contributed by atoms with E-state index in [1.54, 1.807) is 4.90 Å². The maximum Gasteiger partial charge on any atom is 0.315 e. The van der Waals surface area contributed by atoms with Gasteiger partial charge in [0.15, 0.2) is 0 Å².